The van der Waals surface area contributed by atoms with Gasteiger partial charge in [-0.05, 0) is 18.8 Å². The molecule has 0 saturated heterocycles. The molecule has 0 unspecified atom stereocenters. The SMILES string of the molecule is CN/C(=C/C1CCCC1)C(=O)O. The van der Waals surface area contributed by atoms with Crippen molar-refractivity contribution in [1.82, 2.24) is 5.32 Å². The minimum atomic E-state index is -0.857. The summed E-state index contributed by atoms with van der Waals surface area (Å²) in [4.78, 5) is 10.6. The Balaban J connectivity index is 2.56. The summed E-state index contributed by atoms with van der Waals surface area (Å²) in [5.41, 5.74) is 0.335. The summed E-state index contributed by atoms with van der Waals surface area (Å²) >= 11 is 0. The van der Waals surface area contributed by atoms with Crippen molar-refractivity contribution in [2.24, 2.45) is 5.92 Å². The van der Waals surface area contributed by atoms with Gasteiger partial charge in [-0.3, -0.25) is 0 Å². The molecule has 0 spiro atoms. The first-order chi connectivity index (χ1) is 5.74. The number of nitrogens with one attached hydrogen (secondary N) is 1. The Morgan fingerprint density at radius 2 is 2.08 bits per heavy atom. The first-order valence-corrected chi connectivity index (χ1v) is 4.37. The second-order valence-corrected chi connectivity index (χ2v) is 3.18. The van der Waals surface area contributed by atoms with Crippen LogP contribution in [0.5, 0.6) is 0 Å². The lowest BCUT2D eigenvalue weighted by Gasteiger charge is -2.05. The van der Waals surface area contributed by atoms with Gasteiger partial charge in [-0.2, -0.15) is 0 Å². The molecule has 2 N–H and O–H groups in total. The number of carboxylic acids is 1. The van der Waals surface area contributed by atoms with Gasteiger partial charge in [0, 0.05) is 7.05 Å². The molecule has 1 saturated carbocycles. The van der Waals surface area contributed by atoms with Gasteiger partial charge >= 0.3 is 5.97 Å². The molecule has 0 bridgehead atoms. The summed E-state index contributed by atoms with van der Waals surface area (Å²) in [5.74, 6) is -0.382. The Bertz CT molecular complexity index is 193. The predicted molar refractivity (Wildman–Crippen MR) is 46.7 cm³/mol. The van der Waals surface area contributed by atoms with Crippen LogP contribution in [-0.2, 0) is 4.79 Å². The lowest BCUT2D eigenvalue weighted by molar-refractivity contribution is -0.133. The van der Waals surface area contributed by atoms with E-state index in [4.69, 9.17) is 5.11 Å². The smallest absolute Gasteiger partial charge is 0.351 e. The van der Waals surface area contributed by atoms with Crippen molar-refractivity contribution in [2.75, 3.05) is 7.05 Å². The van der Waals surface area contributed by atoms with Crippen molar-refractivity contribution in [3.63, 3.8) is 0 Å². The van der Waals surface area contributed by atoms with Gasteiger partial charge in [-0.25, -0.2) is 4.79 Å². The molecular formula is C9H15NO2. The van der Waals surface area contributed by atoms with E-state index in [0.29, 0.717) is 11.6 Å². The molecule has 0 aromatic heterocycles. The van der Waals surface area contributed by atoms with Gasteiger partial charge < -0.3 is 10.4 Å². The zero-order valence-electron chi connectivity index (χ0n) is 7.34. The van der Waals surface area contributed by atoms with Crippen LogP contribution in [0.1, 0.15) is 25.7 Å². The molecule has 0 amide bonds. The fourth-order valence-corrected chi connectivity index (χ4v) is 1.62. The molecular weight excluding hydrogens is 154 g/mol. The average Bonchev–Trinajstić information content (AvgIpc) is 2.51. The number of hydrogen-bond donors (Lipinski definition) is 2. The lowest BCUT2D eigenvalue weighted by atomic mass is 10.1. The quantitative estimate of drug-likeness (QED) is 0.627. The van der Waals surface area contributed by atoms with Crippen LogP contribution in [0.3, 0.4) is 0 Å². The van der Waals surface area contributed by atoms with Crippen molar-refractivity contribution in [2.45, 2.75) is 25.7 Å². The molecule has 0 heterocycles. The minimum absolute atomic E-state index is 0.335. The van der Waals surface area contributed by atoms with Crippen LogP contribution in [0.2, 0.25) is 0 Å². The maximum Gasteiger partial charge on any atom is 0.351 e. The Hall–Kier alpha value is -0.990. The van der Waals surface area contributed by atoms with E-state index in [1.807, 2.05) is 6.08 Å². The normalized spacial score (nSPS) is 19.6. The highest BCUT2D eigenvalue weighted by molar-refractivity contribution is 5.85. The zero-order valence-corrected chi connectivity index (χ0v) is 7.34. The van der Waals surface area contributed by atoms with Crippen molar-refractivity contribution in [3.05, 3.63) is 11.8 Å². The van der Waals surface area contributed by atoms with Crippen LogP contribution < -0.4 is 5.32 Å². The molecule has 3 heteroatoms. The molecule has 0 aliphatic heterocycles. The Kier molecular flexibility index (Phi) is 3.14. The number of rotatable bonds is 3. The number of allylic oxidation sites excluding steroid dienone is 1. The topological polar surface area (TPSA) is 49.3 Å². The van der Waals surface area contributed by atoms with Crippen LogP contribution >= 0.6 is 0 Å². The Labute approximate surface area is 72.5 Å². The number of aliphatic carboxylic acids is 1. The molecule has 1 fully saturated rings. The van der Waals surface area contributed by atoms with E-state index in [9.17, 15) is 4.79 Å². The van der Waals surface area contributed by atoms with Gasteiger partial charge in [0.2, 0.25) is 0 Å². The molecule has 0 aromatic carbocycles. The number of carboxylic acid groups (broad SMARTS) is 1. The molecule has 12 heavy (non-hydrogen) atoms. The van der Waals surface area contributed by atoms with Crippen LogP contribution in [0.25, 0.3) is 0 Å². The zero-order chi connectivity index (χ0) is 8.97. The third-order valence-electron chi connectivity index (χ3n) is 2.30. The van der Waals surface area contributed by atoms with E-state index in [-0.39, 0.29) is 0 Å². The highest BCUT2D eigenvalue weighted by Gasteiger charge is 2.15. The van der Waals surface area contributed by atoms with E-state index in [1.54, 1.807) is 7.05 Å². The standard InChI is InChI=1S/C9H15NO2/c1-10-8(9(11)12)6-7-4-2-3-5-7/h6-7,10H,2-5H2,1H3,(H,11,12)/b8-6+. The van der Waals surface area contributed by atoms with Crippen LogP contribution in [0, 0.1) is 5.92 Å². The third-order valence-corrected chi connectivity index (χ3v) is 2.30. The minimum Gasteiger partial charge on any atom is -0.477 e. The second-order valence-electron chi connectivity index (χ2n) is 3.18. The summed E-state index contributed by atoms with van der Waals surface area (Å²) in [7, 11) is 1.65. The highest BCUT2D eigenvalue weighted by atomic mass is 16.4. The van der Waals surface area contributed by atoms with E-state index >= 15 is 0 Å². The van der Waals surface area contributed by atoms with Crippen molar-refractivity contribution >= 4 is 5.97 Å². The maximum atomic E-state index is 10.6. The molecule has 1 rings (SSSR count). The molecule has 0 aromatic rings. The van der Waals surface area contributed by atoms with Gasteiger partial charge in [0.15, 0.2) is 0 Å². The number of likely N-dealkylation sites (N-methyl/N-ethyl adjacent to an activating group) is 1. The second kappa shape index (κ2) is 4.14. The highest BCUT2D eigenvalue weighted by Crippen LogP contribution is 2.26. The van der Waals surface area contributed by atoms with Crippen molar-refractivity contribution in [3.8, 4) is 0 Å². The fraction of sp³-hybridized carbons (Fsp3) is 0.667. The van der Waals surface area contributed by atoms with Crippen molar-refractivity contribution < 1.29 is 9.90 Å². The van der Waals surface area contributed by atoms with Crippen LogP contribution in [0.15, 0.2) is 11.8 Å². The first kappa shape index (κ1) is 9.10. The number of hydrogen-bond acceptors (Lipinski definition) is 2. The molecule has 0 radical (unpaired) electrons. The van der Waals surface area contributed by atoms with Crippen molar-refractivity contribution in [1.29, 1.82) is 0 Å². The summed E-state index contributed by atoms with van der Waals surface area (Å²) in [5, 5.41) is 11.4. The summed E-state index contributed by atoms with van der Waals surface area (Å²) in [6, 6.07) is 0. The fourth-order valence-electron chi connectivity index (χ4n) is 1.62. The van der Waals surface area contributed by atoms with E-state index < -0.39 is 5.97 Å². The first-order valence-electron chi connectivity index (χ1n) is 4.37. The number of carbonyl (C=O) groups is 1. The van der Waals surface area contributed by atoms with Gasteiger partial charge in [-0.15, -0.1) is 0 Å². The molecule has 68 valence electrons. The molecule has 3 nitrogen and oxygen atoms in total. The van der Waals surface area contributed by atoms with Gasteiger partial charge in [0.05, 0.1) is 0 Å². The average molecular weight is 169 g/mol. The van der Waals surface area contributed by atoms with E-state index in [2.05, 4.69) is 5.32 Å². The Morgan fingerprint density at radius 3 is 2.50 bits per heavy atom. The van der Waals surface area contributed by atoms with Crippen LogP contribution in [0.4, 0.5) is 0 Å². The molecule has 1 aliphatic carbocycles. The lowest BCUT2D eigenvalue weighted by Crippen LogP contribution is -2.16. The predicted octanol–water partition coefficient (Wildman–Crippen LogP) is 1.36. The summed E-state index contributed by atoms with van der Waals surface area (Å²) in [6.45, 7) is 0. The third kappa shape index (κ3) is 2.26. The largest absolute Gasteiger partial charge is 0.477 e. The van der Waals surface area contributed by atoms with Gasteiger partial charge in [0.25, 0.3) is 0 Å². The maximum absolute atomic E-state index is 10.6. The van der Waals surface area contributed by atoms with Gasteiger partial charge in [-0.1, -0.05) is 18.9 Å². The van der Waals surface area contributed by atoms with Gasteiger partial charge in [0.1, 0.15) is 5.70 Å². The van der Waals surface area contributed by atoms with E-state index in [1.165, 1.54) is 12.8 Å². The Morgan fingerprint density at radius 1 is 1.50 bits per heavy atom. The van der Waals surface area contributed by atoms with E-state index in [0.717, 1.165) is 12.8 Å². The summed E-state index contributed by atoms with van der Waals surface area (Å²) in [6.07, 6.45) is 6.59. The van der Waals surface area contributed by atoms with Crippen LogP contribution in [-0.4, -0.2) is 18.1 Å². The summed E-state index contributed by atoms with van der Waals surface area (Å²) < 4.78 is 0. The molecule has 0 atom stereocenters. The monoisotopic (exact) mass is 169 g/mol. The molecule has 1 aliphatic rings.